The molecule has 0 spiro atoms. The number of hydrogen-bond acceptors (Lipinski definition) is 4. The van der Waals surface area contributed by atoms with Gasteiger partial charge < -0.3 is 5.11 Å². The van der Waals surface area contributed by atoms with Crippen LogP contribution >= 0.6 is 0 Å². The summed E-state index contributed by atoms with van der Waals surface area (Å²) in [6.07, 6.45) is 0. The third-order valence-corrected chi connectivity index (χ3v) is 4.74. The molecule has 0 amide bonds. The quantitative estimate of drug-likeness (QED) is 0.371. The predicted octanol–water partition coefficient (Wildman–Crippen LogP) is 5.12. The number of carboxylic acid groups (broad SMARTS) is 1. The van der Waals surface area contributed by atoms with Crippen molar-refractivity contribution in [1.82, 2.24) is 9.78 Å². The molecule has 7 heteroatoms. The van der Waals surface area contributed by atoms with Crippen molar-refractivity contribution in [2.75, 3.05) is 0 Å². The van der Waals surface area contributed by atoms with Gasteiger partial charge in [0.05, 0.1) is 16.3 Å². The second-order valence-electron chi connectivity index (χ2n) is 6.80. The molecular weight excluding hydrogens is 382 g/mol. The molecule has 0 aliphatic carbocycles. The first-order valence-electron chi connectivity index (χ1n) is 9.19. The van der Waals surface area contributed by atoms with Crippen molar-refractivity contribution in [2.24, 2.45) is 0 Å². The monoisotopic (exact) mass is 399 g/mol. The van der Waals surface area contributed by atoms with E-state index in [0.29, 0.717) is 16.8 Å². The Hall–Kier alpha value is -4.26. The van der Waals surface area contributed by atoms with E-state index in [1.807, 2.05) is 61.5 Å². The molecule has 0 radical (unpaired) electrons. The number of nitro benzene ring substituents is 1. The number of non-ortho nitro benzene ring substituents is 1. The highest BCUT2D eigenvalue weighted by molar-refractivity contribution is 6.02. The van der Waals surface area contributed by atoms with E-state index in [9.17, 15) is 20.0 Å². The molecule has 1 heterocycles. The van der Waals surface area contributed by atoms with Crippen LogP contribution in [0.2, 0.25) is 0 Å². The van der Waals surface area contributed by atoms with Gasteiger partial charge in [-0.3, -0.25) is 10.1 Å². The molecule has 0 saturated heterocycles. The van der Waals surface area contributed by atoms with E-state index < -0.39 is 10.9 Å². The van der Waals surface area contributed by atoms with Gasteiger partial charge in [-0.05, 0) is 36.8 Å². The molecule has 0 bridgehead atoms. The van der Waals surface area contributed by atoms with Crippen LogP contribution in [0.5, 0.6) is 0 Å². The second kappa shape index (κ2) is 7.63. The fourth-order valence-electron chi connectivity index (χ4n) is 3.37. The molecule has 4 aromatic rings. The third kappa shape index (κ3) is 3.44. The summed E-state index contributed by atoms with van der Waals surface area (Å²) in [4.78, 5) is 22.8. The Morgan fingerprint density at radius 2 is 1.67 bits per heavy atom. The summed E-state index contributed by atoms with van der Waals surface area (Å²) in [6.45, 7) is 1.95. The average molecular weight is 399 g/mol. The molecule has 0 saturated carbocycles. The maximum Gasteiger partial charge on any atom is 0.340 e. The minimum atomic E-state index is -1.12. The van der Waals surface area contributed by atoms with Gasteiger partial charge in [-0.2, -0.15) is 5.10 Å². The van der Waals surface area contributed by atoms with Gasteiger partial charge in [-0.15, -0.1) is 0 Å². The van der Waals surface area contributed by atoms with Crippen molar-refractivity contribution >= 4 is 11.7 Å². The van der Waals surface area contributed by atoms with Gasteiger partial charge in [0.1, 0.15) is 11.3 Å². The van der Waals surface area contributed by atoms with Crippen LogP contribution in [0, 0.1) is 17.0 Å². The Kier molecular flexibility index (Phi) is 4.85. The zero-order valence-electron chi connectivity index (χ0n) is 16.0. The first-order chi connectivity index (χ1) is 14.5. The number of carbonyl (C=O) groups is 1. The largest absolute Gasteiger partial charge is 0.478 e. The third-order valence-electron chi connectivity index (χ3n) is 4.74. The van der Waals surface area contributed by atoms with Crippen molar-refractivity contribution in [3.63, 3.8) is 0 Å². The molecule has 7 nitrogen and oxygen atoms in total. The highest BCUT2D eigenvalue weighted by Crippen LogP contribution is 2.35. The number of aromatic nitrogens is 2. The summed E-state index contributed by atoms with van der Waals surface area (Å²) in [6, 6.07) is 22.5. The van der Waals surface area contributed by atoms with Gasteiger partial charge in [-0.25, -0.2) is 9.48 Å². The van der Waals surface area contributed by atoms with Crippen molar-refractivity contribution in [1.29, 1.82) is 0 Å². The fraction of sp³-hybridized carbons (Fsp3) is 0.0435. The van der Waals surface area contributed by atoms with Crippen molar-refractivity contribution in [3.8, 4) is 28.2 Å². The molecule has 1 N–H and O–H groups in total. The molecule has 3 aromatic carbocycles. The lowest BCUT2D eigenvalue weighted by Crippen LogP contribution is -2.03. The number of hydrogen-bond donors (Lipinski definition) is 1. The Labute approximate surface area is 172 Å². The van der Waals surface area contributed by atoms with E-state index in [2.05, 4.69) is 5.10 Å². The fourth-order valence-corrected chi connectivity index (χ4v) is 3.37. The van der Waals surface area contributed by atoms with Crippen LogP contribution in [0.4, 0.5) is 5.69 Å². The first-order valence-corrected chi connectivity index (χ1v) is 9.19. The summed E-state index contributed by atoms with van der Waals surface area (Å²) in [5, 5.41) is 25.7. The Balaban J connectivity index is 2.02. The lowest BCUT2D eigenvalue weighted by molar-refractivity contribution is -0.384. The molecule has 0 aliphatic rings. The number of carboxylic acids is 1. The number of aromatic carboxylic acids is 1. The van der Waals surface area contributed by atoms with Gasteiger partial charge in [-0.1, -0.05) is 42.5 Å². The topological polar surface area (TPSA) is 98.3 Å². The normalized spacial score (nSPS) is 10.7. The van der Waals surface area contributed by atoms with Crippen LogP contribution in [0.1, 0.15) is 15.9 Å². The number of aryl methyl sites for hydroxylation is 1. The SMILES string of the molecule is Cc1cccc(-n2nc(-c3ccc([N+](=O)[O-])cc3)c(C(=O)O)c2-c2ccccc2)c1. The molecule has 30 heavy (non-hydrogen) atoms. The summed E-state index contributed by atoms with van der Waals surface area (Å²) in [7, 11) is 0. The van der Waals surface area contributed by atoms with Gasteiger partial charge in [0.25, 0.3) is 5.69 Å². The van der Waals surface area contributed by atoms with Gasteiger partial charge in [0, 0.05) is 23.3 Å². The minimum absolute atomic E-state index is 0.0385. The molecule has 4 rings (SSSR count). The maximum absolute atomic E-state index is 12.3. The number of benzene rings is 3. The van der Waals surface area contributed by atoms with Crippen molar-refractivity contribution < 1.29 is 14.8 Å². The van der Waals surface area contributed by atoms with Crippen LogP contribution < -0.4 is 0 Å². The zero-order valence-corrected chi connectivity index (χ0v) is 16.0. The van der Waals surface area contributed by atoms with Crippen LogP contribution in [0.3, 0.4) is 0 Å². The predicted molar refractivity (Wildman–Crippen MR) is 113 cm³/mol. The van der Waals surface area contributed by atoms with E-state index in [0.717, 1.165) is 11.3 Å². The smallest absolute Gasteiger partial charge is 0.340 e. The minimum Gasteiger partial charge on any atom is -0.478 e. The van der Waals surface area contributed by atoms with Gasteiger partial charge in [0.2, 0.25) is 0 Å². The summed E-state index contributed by atoms with van der Waals surface area (Å²) >= 11 is 0. The Bertz CT molecular complexity index is 1250. The summed E-state index contributed by atoms with van der Waals surface area (Å²) < 4.78 is 1.61. The second-order valence-corrected chi connectivity index (χ2v) is 6.80. The number of nitrogens with zero attached hydrogens (tertiary/aromatic N) is 3. The average Bonchev–Trinajstić information content (AvgIpc) is 3.15. The van der Waals surface area contributed by atoms with E-state index in [1.54, 1.807) is 4.68 Å². The van der Waals surface area contributed by atoms with Gasteiger partial charge in [0.15, 0.2) is 0 Å². The van der Waals surface area contributed by atoms with Gasteiger partial charge >= 0.3 is 5.97 Å². The maximum atomic E-state index is 12.3. The molecule has 0 aliphatic heterocycles. The van der Waals surface area contributed by atoms with Crippen LogP contribution in [0.25, 0.3) is 28.2 Å². The Morgan fingerprint density at radius 1 is 0.967 bits per heavy atom. The van der Waals surface area contributed by atoms with Crippen LogP contribution in [0.15, 0.2) is 78.9 Å². The standard InChI is InChI=1S/C23H17N3O4/c1-15-6-5-9-19(14-15)25-22(17-7-3-2-4-8-17)20(23(27)28)21(24-25)16-10-12-18(13-11-16)26(29)30/h2-14H,1H3,(H,27,28). The summed E-state index contributed by atoms with van der Waals surface area (Å²) in [5.41, 5.74) is 3.59. The molecular formula is C23H17N3O4. The molecule has 148 valence electrons. The highest BCUT2D eigenvalue weighted by atomic mass is 16.6. The van der Waals surface area contributed by atoms with E-state index in [4.69, 9.17) is 0 Å². The highest BCUT2D eigenvalue weighted by Gasteiger charge is 2.26. The Morgan fingerprint density at radius 3 is 2.27 bits per heavy atom. The first kappa shape index (κ1) is 19.1. The molecule has 0 unspecified atom stereocenters. The van der Waals surface area contributed by atoms with E-state index in [1.165, 1.54) is 24.3 Å². The lowest BCUT2D eigenvalue weighted by atomic mass is 10.0. The van der Waals surface area contributed by atoms with Crippen molar-refractivity contribution in [2.45, 2.75) is 6.92 Å². The van der Waals surface area contributed by atoms with Crippen LogP contribution in [-0.4, -0.2) is 25.8 Å². The van der Waals surface area contributed by atoms with E-state index in [-0.39, 0.29) is 16.9 Å². The van der Waals surface area contributed by atoms with Crippen molar-refractivity contribution in [3.05, 3.63) is 100 Å². The lowest BCUT2D eigenvalue weighted by Gasteiger charge is -2.09. The number of nitro groups is 1. The molecule has 1 aromatic heterocycles. The zero-order chi connectivity index (χ0) is 21.3. The molecule has 0 atom stereocenters. The number of rotatable bonds is 5. The van der Waals surface area contributed by atoms with E-state index >= 15 is 0 Å². The summed E-state index contributed by atoms with van der Waals surface area (Å²) in [5.74, 6) is -1.12. The van der Waals surface area contributed by atoms with Crippen LogP contribution in [-0.2, 0) is 0 Å². The molecule has 0 fully saturated rings.